The number of amides is 1. The lowest BCUT2D eigenvalue weighted by Crippen LogP contribution is -2.38. The molecule has 5 nitrogen and oxygen atoms in total. The minimum absolute atomic E-state index is 0.0507. The van der Waals surface area contributed by atoms with Crippen LogP contribution in [0.5, 0.6) is 0 Å². The topological polar surface area (TPSA) is 66.5 Å². The Bertz CT molecular complexity index is 1230. The zero-order chi connectivity index (χ0) is 24.2. The Morgan fingerprint density at radius 3 is 2.18 bits per heavy atom. The summed E-state index contributed by atoms with van der Waals surface area (Å²) in [5.41, 5.74) is 4.73. The molecule has 3 rings (SSSR count). The van der Waals surface area contributed by atoms with Crippen molar-refractivity contribution < 1.29 is 13.2 Å². The van der Waals surface area contributed by atoms with Gasteiger partial charge in [0, 0.05) is 17.3 Å². The predicted octanol–water partition coefficient (Wildman–Crippen LogP) is 5.66. The first-order chi connectivity index (χ1) is 15.6. The summed E-state index contributed by atoms with van der Waals surface area (Å²) in [6.45, 7) is 7.24. The number of carbonyl (C=O) groups excluding carboxylic acids is 1. The van der Waals surface area contributed by atoms with Crippen LogP contribution < -0.4 is 5.32 Å². The quantitative estimate of drug-likeness (QED) is 0.448. The first-order valence-corrected chi connectivity index (χ1v) is 12.6. The highest BCUT2D eigenvalue weighted by atomic mass is 35.5. The third-order valence-corrected chi connectivity index (χ3v) is 7.82. The summed E-state index contributed by atoms with van der Waals surface area (Å²) in [5, 5.41) is 3.44. The molecule has 0 aliphatic heterocycles. The zero-order valence-electron chi connectivity index (χ0n) is 19.4. The van der Waals surface area contributed by atoms with Crippen LogP contribution in [0.2, 0.25) is 5.02 Å². The molecule has 3 aromatic rings. The molecule has 0 spiro atoms. The maximum atomic E-state index is 13.8. The summed E-state index contributed by atoms with van der Waals surface area (Å²) in [6.07, 6.45) is 0.755. The van der Waals surface area contributed by atoms with Gasteiger partial charge in [0.2, 0.25) is 15.9 Å². The van der Waals surface area contributed by atoms with Crippen LogP contribution in [0, 0.1) is 20.8 Å². The standard InChI is InChI=1S/C26H29ClN2O3S/c1-5-22-8-6-7-9-24(22)28-25(30)17-29(16-21-10-12-23(27)13-11-21)33(31,32)26-19(3)14-18(2)15-20(26)4/h6-15H,5,16-17H2,1-4H3,(H,28,30). The molecule has 7 heteroatoms. The maximum absolute atomic E-state index is 13.8. The molecule has 0 radical (unpaired) electrons. The molecular formula is C26H29ClN2O3S. The van der Waals surface area contributed by atoms with E-state index in [0.717, 1.165) is 23.1 Å². The van der Waals surface area contributed by atoms with Gasteiger partial charge < -0.3 is 5.32 Å². The lowest BCUT2D eigenvalue weighted by atomic mass is 10.1. The van der Waals surface area contributed by atoms with Crippen molar-refractivity contribution in [3.05, 3.63) is 93.5 Å². The van der Waals surface area contributed by atoms with Crippen molar-refractivity contribution in [2.45, 2.75) is 45.6 Å². The van der Waals surface area contributed by atoms with Gasteiger partial charge in [-0.05, 0) is 67.6 Å². The number of benzene rings is 3. The van der Waals surface area contributed by atoms with E-state index in [4.69, 9.17) is 11.6 Å². The van der Waals surface area contributed by atoms with Crippen LogP contribution in [-0.2, 0) is 27.8 Å². The lowest BCUT2D eigenvalue weighted by molar-refractivity contribution is -0.116. The van der Waals surface area contributed by atoms with E-state index in [0.29, 0.717) is 21.8 Å². The summed E-state index contributed by atoms with van der Waals surface area (Å²) >= 11 is 6.00. The van der Waals surface area contributed by atoms with Crippen molar-refractivity contribution in [1.82, 2.24) is 4.31 Å². The van der Waals surface area contributed by atoms with Crippen molar-refractivity contribution >= 4 is 33.2 Å². The first kappa shape index (κ1) is 25.0. The third-order valence-electron chi connectivity index (χ3n) is 5.47. The molecule has 0 heterocycles. The number of hydrogen-bond acceptors (Lipinski definition) is 3. The number of carbonyl (C=O) groups is 1. The fraction of sp³-hybridized carbons (Fsp3) is 0.269. The smallest absolute Gasteiger partial charge is 0.244 e. The predicted molar refractivity (Wildman–Crippen MR) is 134 cm³/mol. The van der Waals surface area contributed by atoms with E-state index in [-0.39, 0.29) is 18.0 Å². The van der Waals surface area contributed by atoms with Gasteiger partial charge in [-0.3, -0.25) is 4.79 Å². The van der Waals surface area contributed by atoms with Crippen LogP contribution >= 0.6 is 11.6 Å². The van der Waals surface area contributed by atoms with Crippen LogP contribution in [0.4, 0.5) is 5.69 Å². The molecule has 1 amide bonds. The summed E-state index contributed by atoms with van der Waals surface area (Å²) in [4.78, 5) is 13.2. The number of nitrogens with zero attached hydrogens (tertiary/aromatic N) is 1. The van der Waals surface area contributed by atoms with Crippen molar-refractivity contribution in [2.75, 3.05) is 11.9 Å². The second-order valence-electron chi connectivity index (χ2n) is 8.19. The largest absolute Gasteiger partial charge is 0.325 e. The number of para-hydroxylation sites is 1. The molecule has 0 saturated carbocycles. The molecule has 3 aromatic carbocycles. The molecule has 0 aliphatic carbocycles. The van der Waals surface area contributed by atoms with Gasteiger partial charge in [0.1, 0.15) is 0 Å². The number of halogens is 1. The van der Waals surface area contributed by atoms with E-state index in [2.05, 4.69) is 5.32 Å². The van der Waals surface area contributed by atoms with Gasteiger partial charge in [-0.25, -0.2) is 8.42 Å². The highest BCUT2D eigenvalue weighted by molar-refractivity contribution is 7.89. The average molecular weight is 485 g/mol. The maximum Gasteiger partial charge on any atom is 0.244 e. The van der Waals surface area contributed by atoms with Crippen molar-refractivity contribution in [3.63, 3.8) is 0 Å². The Labute approximate surface area is 201 Å². The van der Waals surface area contributed by atoms with E-state index in [1.54, 1.807) is 38.1 Å². The molecule has 0 bridgehead atoms. The molecule has 0 aromatic heterocycles. The Morgan fingerprint density at radius 1 is 0.970 bits per heavy atom. The van der Waals surface area contributed by atoms with Gasteiger partial charge in [-0.2, -0.15) is 4.31 Å². The summed E-state index contributed by atoms with van der Waals surface area (Å²) in [7, 11) is -3.95. The molecule has 0 atom stereocenters. The van der Waals surface area contributed by atoms with Crippen LogP contribution in [-0.4, -0.2) is 25.2 Å². The van der Waals surface area contributed by atoms with Gasteiger partial charge in [0.05, 0.1) is 11.4 Å². The summed E-state index contributed by atoms with van der Waals surface area (Å²) in [5.74, 6) is -0.393. The molecule has 0 saturated heterocycles. The number of nitrogens with one attached hydrogen (secondary N) is 1. The highest BCUT2D eigenvalue weighted by Crippen LogP contribution is 2.27. The second kappa shape index (κ2) is 10.5. The number of aryl methyl sites for hydroxylation is 4. The molecule has 0 fully saturated rings. The molecule has 174 valence electrons. The fourth-order valence-electron chi connectivity index (χ4n) is 4.02. The molecule has 1 N–H and O–H groups in total. The first-order valence-electron chi connectivity index (χ1n) is 10.8. The van der Waals surface area contributed by atoms with Crippen LogP contribution in [0.1, 0.15) is 34.7 Å². The monoisotopic (exact) mass is 484 g/mol. The Morgan fingerprint density at radius 2 is 1.58 bits per heavy atom. The number of sulfonamides is 1. The zero-order valence-corrected chi connectivity index (χ0v) is 20.9. The van der Waals surface area contributed by atoms with E-state index in [9.17, 15) is 13.2 Å². The number of rotatable bonds is 8. The summed E-state index contributed by atoms with van der Waals surface area (Å²) < 4.78 is 28.8. The van der Waals surface area contributed by atoms with Gasteiger partial charge >= 0.3 is 0 Å². The molecular weight excluding hydrogens is 456 g/mol. The van der Waals surface area contributed by atoms with Crippen molar-refractivity contribution in [2.24, 2.45) is 0 Å². The normalized spacial score (nSPS) is 11.6. The third kappa shape index (κ3) is 6.02. The fourth-order valence-corrected chi connectivity index (χ4v) is 5.94. The molecule has 0 unspecified atom stereocenters. The van der Waals surface area contributed by atoms with Crippen molar-refractivity contribution in [3.8, 4) is 0 Å². The lowest BCUT2D eigenvalue weighted by Gasteiger charge is -2.24. The number of hydrogen-bond donors (Lipinski definition) is 1. The van der Waals surface area contributed by atoms with Crippen molar-refractivity contribution in [1.29, 1.82) is 0 Å². The Kier molecular flexibility index (Phi) is 7.95. The second-order valence-corrected chi connectivity index (χ2v) is 10.5. The SMILES string of the molecule is CCc1ccccc1NC(=O)CN(Cc1ccc(Cl)cc1)S(=O)(=O)c1c(C)cc(C)cc1C. The van der Waals surface area contributed by atoms with E-state index in [1.165, 1.54) is 4.31 Å². The Balaban J connectivity index is 1.97. The van der Waals surface area contributed by atoms with E-state index < -0.39 is 15.9 Å². The Hall–Kier alpha value is -2.67. The van der Waals surface area contributed by atoms with Gasteiger partial charge in [-0.15, -0.1) is 0 Å². The van der Waals surface area contributed by atoms with Gasteiger partial charge in [0.25, 0.3) is 0 Å². The van der Waals surface area contributed by atoms with Gasteiger partial charge in [0.15, 0.2) is 0 Å². The molecule has 0 aliphatic rings. The van der Waals surface area contributed by atoms with E-state index in [1.807, 2.05) is 50.2 Å². The summed E-state index contributed by atoms with van der Waals surface area (Å²) in [6, 6.07) is 18.2. The molecule has 33 heavy (non-hydrogen) atoms. The van der Waals surface area contributed by atoms with E-state index >= 15 is 0 Å². The average Bonchev–Trinajstić information content (AvgIpc) is 2.74. The number of anilines is 1. The minimum atomic E-state index is -3.95. The van der Waals surface area contributed by atoms with Crippen LogP contribution in [0.25, 0.3) is 0 Å². The highest BCUT2D eigenvalue weighted by Gasteiger charge is 2.30. The van der Waals surface area contributed by atoms with Crippen LogP contribution in [0.3, 0.4) is 0 Å². The minimum Gasteiger partial charge on any atom is -0.325 e. The van der Waals surface area contributed by atoms with Crippen LogP contribution in [0.15, 0.2) is 65.6 Å². The van der Waals surface area contributed by atoms with Gasteiger partial charge in [-0.1, -0.05) is 66.6 Å².